The lowest BCUT2D eigenvalue weighted by molar-refractivity contribution is 0.195. The van der Waals surface area contributed by atoms with Crippen molar-refractivity contribution in [2.75, 3.05) is 46.4 Å². The molecule has 2 N–H and O–H groups in total. The fourth-order valence-electron chi connectivity index (χ4n) is 3.01. The first-order valence-electron chi connectivity index (χ1n) is 9.06. The molecule has 0 radical (unpaired) electrons. The van der Waals surface area contributed by atoms with E-state index in [0.29, 0.717) is 6.54 Å². The number of hydrogen-bond acceptors (Lipinski definition) is 4. The van der Waals surface area contributed by atoms with E-state index in [9.17, 15) is 0 Å². The number of hydrogen-bond donors (Lipinski definition) is 2. The van der Waals surface area contributed by atoms with E-state index in [-0.39, 0.29) is 30.0 Å². The van der Waals surface area contributed by atoms with Crippen LogP contribution in [0.3, 0.4) is 0 Å². The number of methoxy groups -OCH3 is 1. The molecule has 0 amide bonds. The minimum Gasteiger partial charge on any atom is -0.465 e. The van der Waals surface area contributed by atoms with Crippen LogP contribution in [0.15, 0.2) is 21.5 Å². The van der Waals surface area contributed by atoms with Crippen molar-refractivity contribution in [3.8, 4) is 0 Å². The summed E-state index contributed by atoms with van der Waals surface area (Å²) in [7, 11) is 1.73. The standard InChI is InChI=1S/C18H32N4O2.HI/c1-4-19-18(20-10-7-13-23-3)21-14-16(22-11-5-6-12-22)17-9-8-15(2)24-17;/h8-9,16H,4-7,10-14H2,1-3H3,(H2,19,20,21);1H. The van der Waals surface area contributed by atoms with Gasteiger partial charge in [-0.25, -0.2) is 0 Å². The van der Waals surface area contributed by atoms with Crippen LogP contribution in [0.5, 0.6) is 0 Å². The molecule has 0 spiro atoms. The number of rotatable bonds is 9. The van der Waals surface area contributed by atoms with E-state index >= 15 is 0 Å². The van der Waals surface area contributed by atoms with Gasteiger partial charge in [-0.05, 0) is 58.3 Å². The minimum atomic E-state index is 0. The normalized spacial score (nSPS) is 16.5. The van der Waals surface area contributed by atoms with Gasteiger partial charge in [-0.1, -0.05) is 0 Å². The van der Waals surface area contributed by atoms with Crippen molar-refractivity contribution in [2.45, 2.75) is 39.2 Å². The molecule has 6 nitrogen and oxygen atoms in total. The molecule has 0 aliphatic carbocycles. The monoisotopic (exact) mass is 464 g/mol. The van der Waals surface area contributed by atoms with E-state index in [2.05, 4.69) is 28.5 Å². The Morgan fingerprint density at radius 2 is 2.08 bits per heavy atom. The Balaban J connectivity index is 0.00000312. The van der Waals surface area contributed by atoms with Gasteiger partial charge in [-0.15, -0.1) is 24.0 Å². The van der Waals surface area contributed by atoms with Gasteiger partial charge < -0.3 is 19.8 Å². The smallest absolute Gasteiger partial charge is 0.191 e. The SMILES string of the molecule is CCNC(=NCC(c1ccc(C)o1)N1CCCC1)NCCCOC.I. The molecule has 1 saturated heterocycles. The van der Waals surface area contributed by atoms with Crippen LogP contribution < -0.4 is 10.6 Å². The number of guanidine groups is 1. The van der Waals surface area contributed by atoms with E-state index < -0.39 is 0 Å². The van der Waals surface area contributed by atoms with Crippen LogP contribution >= 0.6 is 24.0 Å². The Morgan fingerprint density at radius 1 is 1.32 bits per heavy atom. The third-order valence-corrected chi connectivity index (χ3v) is 4.26. The average Bonchev–Trinajstić information content (AvgIpc) is 3.24. The molecule has 1 atom stereocenters. The number of furan rings is 1. The Kier molecular flexibility index (Phi) is 11.2. The molecule has 2 rings (SSSR count). The summed E-state index contributed by atoms with van der Waals surface area (Å²) in [4.78, 5) is 7.28. The second-order valence-electron chi connectivity index (χ2n) is 6.20. The number of nitrogens with zero attached hydrogens (tertiary/aromatic N) is 2. The highest BCUT2D eigenvalue weighted by Crippen LogP contribution is 2.26. The largest absolute Gasteiger partial charge is 0.465 e. The molecule has 1 aliphatic heterocycles. The van der Waals surface area contributed by atoms with E-state index in [1.54, 1.807) is 7.11 Å². The Morgan fingerprint density at radius 3 is 2.68 bits per heavy atom. The summed E-state index contributed by atoms with van der Waals surface area (Å²) in [6.07, 6.45) is 3.48. The molecule has 144 valence electrons. The first-order valence-corrected chi connectivity index (χ1v) is 9.06. The summed E-state index contributed by atoms with van der Waals surface area (Å²) in [5.74, 6) is 2.84. The topological polar surface area (TPSA) is 62.0 Å². The number of ether oxygens (including phenoxy) is 1. The van der Waals surface area contributed by atoms with E-state index in [4.69, 9.17) is 14.1 Å². The van der Waals surface area contributed by atoms with E-state index in [1.165, 1.54) is 12.8 Å². The van der Waals surface area contributed by atoms with Crippen molar-refractivity contribution >= 4 is 29.9 Å². The zero-order valence-corrected chi connectivity index (χ0v) is 18.0. The van der Waals surface area contributed by atoms with E-state index in [0.717, 1.165) is 56.7 Å². The number of likely N-dealkylation sites (tertiary alicyclic amines) is 1. The second kappa shape index (κ2) is 12.5. The van der Waals surface area contributed by atoms with Crippen LogP contribution in [-0.4, -0.2) is 57.3 Å². The van der Waals surface area contributed by atoms with Gasteiger partial charge in [0.15, 0.2) is 5.96 Å². The summed E-state index contributed by atoms with van der Waals surface area (Å²) in [6, 6.07) is 4.35. The van der Waals surface area contributed by atoms with Crippen molar-refractivity contribution in [3.63, 3.8) is 0 Å². The highest BCUT2D eigenvalue weighted by molar-refractivity contribution is 14.0. The lowest BCUT2D eigenvalue weighted by Gasteiger charge is -2.24. The van der Waals surface area contributed by atoms with Gasteiger partial charge in [-0.2, -0.15) is 0 Å². The van der Waals surface area contributed by atoms with Gasteiger partial charge in [0.1, 0.15) is 11.5 Å². The molecule has 25 heavy (non-hydrogen) atoms. The molecule has 0 saturated carbocycles. The van der Waals surface area contributed by atoms with Crippen molar-refractivity contribution in [2.24, 2.45) is 4.99 Å². The summed E-state index contributed by atoms with van der Waals surface area (Å²) in [5, 5.41) is 6.68. The Hall–Kier alpha value is -0.800. The lowest BCUT2D eigenvalue weighted by Crippen LogP contribution is -2.39. The number of aliphatic imine (C=N–C) groups is 1. The lowest BCUT2D eigenvalue weighted by atomic mass is 10.2. The maximum atomic E-state index is 5.90. The van der Waals surface area contributed by atoms with Crippen LogP contribution in [-0.2, 0) is 4.74 Å². The number of nitrogens with one attached hydrogen (secondary N) is 2. The van der Waals surface area contributed by atoms with Gasteiger partial charge >= 0.3 is 0 Å². The Bertz CT molecular complexity index is 501. The van der Waals surface area contributed by atoms with Gasteiger partial charge in [0.05, 0.1) is 12.6 Å². The summed E-state index contributed by atoms with van der Waals surface area (Å²) < 4.78 is 11.0. The minimum absolute atomic E-state index is 0. The Labute approximate surface area is 168 Å². The average molecular weight is 464 g/mol. The summed E-state index contributed by atoms with van der Waals surface area (Å²) in [6.45, 7) is 9.49. The maximum absolute atomic E-state index is 5.90. The molecule has 0 bridgehead atoms. The van der Waals surface area contributed by atoms with Crippen molar-refractivity contribution < 1.29 is 9.15 Å². The molecule has 1 unspecified atom stereocenters. The first kappa shape index (κ1) is 22.2. The summed E-state index contributed by atoms with van der Waals surface area (Å²) >= 11 is 0. The molecular weight excluding hydrogens is 431 g/mol. The fourth-order valence-corrected chi connectivity index (χ4v) is 3.01. The van der Waals surface area contributed by atoms with Gasteiger partial charge in [0.25, 0.3) is 0 Å². The van der Waals surface area contributed by atoms with Crippen LogP contribution in [0, 0.1) is 6.92 Å². The molecule has 1 aromatic heterocycles. The van der Waals surface area contributed by atoms with Crippen LogP contribution in [0.1, 0.15) is 43.7 Å². The highest BCUT2D eigenvalue weighted by atomic mass is 127. The van der Waals surface area contributed by atoms with Gasteiger partial charge in [0, 0.05) is 26.8 Å². The zero-order valence-electron chi connectivity index (χ0n) is 15.7. The van der Waals surface area contributed by atoms with Crippen molar-refractivity contribution in [1.29, 1.82) is 0 Å². The highest BCUT2D eigenvalue weighted by Gasteiger charge is 2.25. The van der Waals surface area contributed by atoms with Crippen molar-refractivity contribution in [3.05, 3.63) is 23.7 Å². The van der Waals surface area contributed by atoms with E-state index in [1.807, 2.05) is 13.0 Å². The van der Waals surface area contributed by atoms with Gasteiger partial charge in [0.2, 0.25) is 0 Å². The molecule has 1 fully saturated rings. The molecule has 1 aromatic rings. The number of aryl methyl sites for hydroxylation is 1. The third-order valence-electron chi connectivity index (χ3n) is 4.26. The van der Waals surface area contributed by atoms with Crippen molar-refractivity contribution in [1.82, 2.24) is 15.5 Å². The van der Waals surface area contributed by atoms with Crippen LogP contribution in [0.25, 0.3) is 0 Å². The molecule has 2 heterocycles. The second-order valence-corrected chi connectivity index (χ2v) is 6.20. The zero-order chi connectivity index (χ0) is 17.2. The predicted octanol–water partition coefficient (Wildman–Crippen LogP) is 2.93. The molecule has 1 aliphatic rings. The van der Waals surface area contributed by atoms with Crippen LogP contribution in [0.2, 0.25) is 0 Å². The maximum Gasteiger partial charge on any atom is 0.191 e. The molecule has 7 heteroatoms. The third kappa shape index (κ3) is 7.53. The first-order chi connectivity index (χ1) is 11.7. The predicted molar refractivity (Wildman–Crippen MR) is 113 cm³/mol. The van der Waals surface area contributed by atoms with Crippen LogP contribution in [0.4, 0.5) is 0 Å². The van der Waals surface area contributed by atoms with Gasteiger partial charge in [-0.3, -0.25) is 9.89 Å². The number of halogens is 1. The molecule has 0 aromatic carbocycles. The quantitative estimate of drug-likeness (QED) is 0.255. The summed E-state index contributed by atoms with van der Waals surface area (Å²) in [5.41, 5.74) is 0. The molecular formula is C18H33IN4O2. The fraction of sp³-hybridized carbons (Fsp3) is 0.722.